The quantitative estimate of drug-likeness (QED) is 0.869. The summed E-state index contributed by atoms with van der Waals surface area (Å²) in [5, 5.41) is 4.16. The largest absolute Gasteiger partial charge is 0.382 e. The molecule has 1 aliphatic carbocycles. The molecule has 6 heteroatoms. The fourth-order valence-electron chi connectivity index (χ4n) is 3.79. The number of carbonyl (C=O) groups excluding carboxylic acids is 1. The smallest absolute Gasteiger partial charge is 0.170 e. The third-order valence-corrected chi connectivity index (χ3v) is 4.87. The van der Waals surface area contributed by atoms with E-state index in [1.807, 2.05) is 12.3 Å². The minimum atomic E-state index is -0.0940. The van der Waals surface area contributed by atoms with Gasteiger partial charge in [0, 0.05) is 18.8 Å². The van der Waals surface area contributed by atoms with Gasteiger partial charge in [0.05, 0.1) is 0 Å². The van der Waals surface area contributed by atoms with E-state index in [1.54, 1.807) is 4.52 Å². The number of rotatable bonds is 3. The number of ketones is 1. The van der Waals surface area contributed by atoms with Gasteiger partial charge in [-0.05, 0) is 37.7 Å². The average Bonchev–Trinajstić information content (AvgIpc) is 2.99. The topological polar surface area (TPSA) is 76.5 Å². The van der Waals surface area contributed by atoms with E-state index < -0.39 is 0 Å². The molecule has 2 aliphatic rings. The van der Waals surface area contributed by atoms with Crippen LogP contribution in [0.1, 0.15) is 37.0 Å². The Bertz CT molecular complexity index is 737. The molecule has 2 aromatic rings. The minimum Gasteiger partial charge on any atom is -0.382 e. The zero-order valence-electron chi connectivity index (χ0n) is 12.3. The van der Waals surface area contributed by atoms with Crippen LogP contribution in [-0.4, -0.2) is 33.0 Å². The number of nitrogen functional groups attached to an aromatic ring is 1. The summed E-state index contributed by atoms with van der Waals surface area (Å²) in [5.41, 5.74) is 6.82. The Hall–Kier alpha value is -2.11. The fourth-order valence-corrected chi connectivity index (χ4v) is 3.79. The lowest BCUT2D eigenvalue weighted by atomic mass is 10.1. The molecule has 0 radical (unpaired) electrons. The maximum absolute atomic E-state index is 11.8. The molecule has 0 aromatic carbocycles. The molecule has 0 bridgehead atoms. The lowest BCUT2D eigenvalue weighted by Gasteiger charge is -2.27. The molecule has 110 valence electrons. The second-order valence-corrected chi connectivity index (χ2v) is 6.16. The predicted molar refractivity (Wildman–Crippen MR) is 80.4 cm³/mol. The van der Waals surface area contributed by atoms with Crippen LogP contribution in [0.5, 0.6) is 0 Å². The molecule has 2 fully saturated rings. The van der Waals surface area contributed by atoms with E-state index in [0.717, 1.165) is 30.6 Å². The monoisotopic (exact) mass is 285 g/mol. The number of fused-ring (bicyclic) bond motifs is 2. The van der Waals surface area contributed by atoms with Crippen molar-refractivity contribution in [3.63, 3.8) is 0 Å². The zero-order valence-corrected chi connectivity index (χ0v) is 12.3. The first-order valence-electron chi connectivity index (χ1n) is 7.52. The summed E-state index contributed by atoms with van der Waals surface area (Å²) in [6.07, 6.45) is 4.34. The average molecular weight is 285 g/mol. The molecular weight excluding hydrogens is 266 g/mol. The number of carbonyl (C=O) groups is 1. The molecule has 6 nitrogen and oxygen atoms in total. The van der Waals surface area contributed by atoms with E-state index in [1.165, 1.54) is 13.3 Å². The minimum absolute atomic E-state index is 0.0940. The summed E-state index contributed by atoms with van der Waals surface area (Å²) in [7, 11) is 0. The van der Waals surface area contributed by atoms with Gasteiger partial charge in [-0.15, -0.1) is 5.10 Å². The zero-order chi connectivity index (χ0) is 14.7. The molecule has 3 unspecified atom stereocenters. The molecule has 21 heavy (non-hydrogen) atoms. The highest BCUT2D eigenvalue weighted by molar-refractivity contribution is 6.04. The highest BCUT2D eigenvalue weighted by Crippen LogP contribution is 2.51. The summed E-state index contributed by atoms with van der Waals surface area (Å²) in [5.74, 6) is 2.75. The molecule has 3 atom stereocenters. The van der Waals surface area contributed by atoms with Crippen LogP contribution in [0, 0.1) is 11.8 Å². The van der Waals surface area contributed by atoms with Gasteiger partial charge >= 0.3 is 0 Å². The Balaban J connectivity index is 1.80. The summed E-state index contributed by atoms with van der Waals surface area (Å²) >= 11 is 0. The Morgan fingerprint density at radius 2 is 2.33 bits per heavy atom. The number of Topliss-reactive ketones (excluding diaryl/α,β-unsaturated/α-hetero) is 1. The van der Waals surface area contributed by atoms with Gasteiger partial charge in [0.15, 0.2) is 17.2 Å². The Labute approximate surface area is 122 Å². The maximum Gasteiger partial charge on any atom is 0.170 e. The highest BCUT2D eigenvalue weighted by atomic mass is 16.1. The van der Waals surface area contributed by atoms with Gasteiger partial charge in [-0.1, -0.05) is 6.92 Å². The van der Waals surface area contributed by atoms with Crippen LogP contribution in [0.3, 0.4) is 0 Å². The lowest BCUT2D eigenvalue weighted by molar-refractivity contribution is 0.102. The first-order valence-corrected chi connectivity index (χ1v) is 7.52. The van der Waals surface area contributed by atoms with Crippen LogP contribution in [0.25, 0.3) is 5.65 Å². The first-order chi connectivity index (χ1) is 10.1. The van der Waals surface area contributed by atoms with E-state index in [0.29, 0.717) is 17.3 Å². The van der Waals surface area contributed by atoms with Crippen molar-refractivity contribution in [1.82, 2.24) is 14.6 Å². The lowest BCUT2D eigenvalue weighted by Crippen LogP contribution is -2.33. The highest BCUT2D eigenvalue weighted by Gasteiger charge is 2.51. The summed E-state index contributed by atoms with van der Waals surface area (Å²) in [6, 6.07) is 2.54. The van der Waals surface area contributed by atoms with E-state index >= 15 is 0 Å². The van der Waals surface area contributed by atoms with Gasteiger partial charge in [0.2, 0.25) is 0 Å². The summed E-state index contributed by atoms with van der Waals surface area (Å²) in [4.78, 5) is 18.8. The third-order valence-electron chi connectivity index (χ3n) is 4.87. The molecule has 2 aromatic heterocycles. The summed E-state index contributed by atoms with van der Waals surface area (Å²) < 4.78 is 1.59. The standard InChI is InChI=1S/C15H19N5O/c1-3-11-10-6-9(10)7-19(11)12-4-5-20-15(17-12)13(8(2)21)14(16)18-20/h4-5,9-11H,3,6-7H2,1-2H3,(H2,16,18). The molecule has 1 saturated carbocycles. The van der Waals surface area contributed by atoms with Crippen LogP contribution >= 0.6 is 0 Å². The van der Waals surface area contributed by atoms with Crippen molar-refractivity contribution in [3.8, 4) is 0 Å². The Morgan fingerprint density at radius 3 is 3.05 bits per heavy atom. The number of hydrogen-bond acceptors (Lipinski definition) is 5. The van der Waals surface area contributed by atoms with Crippen molar-refractivity contribution in [2.24, 2.45) is 11.8 Å². The van der Waals surface area contributed by atoms with E-state index in [9.17, 15) is 4.79 Å². The van der Waals surface area contributed by atoms with Crippen molar-refractivity contribution in [3.05, 3.63) is 17.8 Å². The van der Waals surface area contributed by atoms with Gasteiger partial charge in [-0.3, -0.25) is 4.79 Å². The number of nitrogens with zero attached hydrogens (tertiary/aromatic N) is 4. The third kappa shape index (κ3) is 1.74. The number of hydrogen-bond donors (Lipinski definition) is 1. The summed E-state index contributed by atoms with van der Waals surface area (Å²) in [6.45, 7) is 4.81. The van der Waals surface area contributed by atoms with Gasteiger partial charge < -0.3 is 10.6 Å². The number of piperidine rings is 1. The number of aromatic nitrogens is 3. The SMILES string of the molecule is CCC1C2CC2CN1c1ccn2nc(N)c(C(C)=O)c2n1. The van der Waals surface area contributed by atoms with Crippen LogP contribution in [0.2, 0.25) is 0 Å². The van der Waals surface area contributed by atoms with Crippen LogP contribution < -0.4 is 10.6 Å². The second-order valence-electron chi connectivity index (χ2n) is 6.16. The van der Waals surface area contributed by atoms with E-state index in [2.05, 4.69) is 21.9 Å². The van der Waals surface area contributed by atoms with Gasteiger partial charge in [-0.2, -0.15) is 0 Å². The van der Waals surface area contributed by atoms with Crippen molar-refractivity contribution < 1.29 is 4.79 Å². The Morgan fingerprint density at radius 1 is 1.52 bits per heavy atom. The Kier molecular flexibility index (Phi) is 2.52. The number of anilines is 2. The van der Waals surface area contributed by atoms with Crippen molar-refractivity contribution in [2.45, 2.75) is 32.7 Å². The van der Waals surface area contributed by atoms with Crippen LogP contribution in [-0.2, 0) is 0 Å². The van der Waals surface area contributed by atoms with Gasteiger partial charge in [0.25, 0.3) is 0 Å². The molecule has 3 heterocycles. The van der Waals surface area contributed by atoms with Crippen LogP contribution in [0.4, 0.5) is 11.6 Å². The molecule has 0 amide bonds. The normalized spacial score (nSPS) is 27.1. The first kappa shape index (κ1) is 12.6. The van der Waals surface area contributed by atoms with Crippen LogP contribution in [0.15, 0.2) is 12.3 Å². The van der Waals surface area contributed by atoms with E-state index in [-0.39, 0.29) is 11.6 Å². The second kappa shape index (κ2) is 4.19. The fraction of sp³-hybridized carbons (Fsp3) is 0.533. The molecule has 0 spiro atoms. The molecular formula is C15H19N5O. The van der Waals surface area contributed by atoms with Crippen molar-refractivity contribution in [1.29, 1.82) is 0 Å². The van der Waals surface area contributed by atoms with Crippen molar-refractivity contribution >= 4 is 23.1 Å². The van der Waals surface area contributed by atoms with Gasteiger partial charge in [-0.25, -0.2) is 9.50 Å². The predicted octanol–water partition coefficient (Wildman–Crippen LogP) is 1.75. The van der Waals surface area contributed by atoms with Gasteiger partial charge in [0.1, 0.15) is 11.4 Å². The molecule has 1 aliphatic heterocycles. The number of nitrogens with two attached hydrogens (primary N) is 1. The van der Waals surface area contributed by atoms with E-state index in [4.69, 9.17) is 5.73 Å². The van der Waals surface area contributed by atoms with Crippen molar-refractivity contribution in [2.75, 3.05) is 17.2 Å². The molecule has 1 saturated heterocycles. The maximum atomic E-state index is 11.8. The molecule has 2 N–H and O–H groups in total. The molecule has 4 rings (SSSR count).